The van der Waals surface area contributed by atoms with Crippen molar-refractivity contribution in [3.05, 3.63) is 24.0 Å². The van der Waals surface area contributed by atoms with Crippen LogP contribution in [0.25, 0.3) is 0 Å². The van der Waals surface area contributed by atoms with Crippen LogP contribution < -0.4 is 5.32 Å². The van der Waals surface area contributed by atoms with E-state index < -0.39 is 6.55 Å². The second-order valence-electron chi connectivity index (χ2n) is 3.48. The van der Waals surface area contributed by atoms with E-state index in [9.17, 15) is 8.78 Å². The first kappa shape index (κ1) is 12.1. The highest BCUT2D eigenvalue weighted by Crippen LogP contribution is 2.14. The Balaban J connectivity index is 2.46. The molecule has 0 saturated carbocycles. The van der Waals surface area contributed by atoms with Gasteiger partial charge in [-0.05, 0) is 25.5 Å². The molecule has 0 radical (unpaired) electrons. The van der Waals surface area contributed by atoms with Crippen molar-refractivity contribution in [1.29, 1.82) is 0 Å². The van der Waals surface area contributed by atoms with E-state index in [4.69, 9.17) is 5.11 Å². The van der Waals surface area contributed by atoms with Crippen LogP contribution in [0.2, 0.25) is 0 Å². The smallest absolute Gasteiger partial charge is 0.318 e. The molecule has 1 aromatic rings. The largest absolute Gasteiger partial charge is 0.396 e. The van der Waals surface area contributed by atoms with Crippen molar-refractivity contribution in [2.75, 3.05) is 6.61 Å². The average molecular weight is 218 g/mol. The monoisotopic (exact) mass is 218 g/mol. The maximum absolute atomic E-state index is 12.4. The molecule has 0 aliphatic heterocycles. The number of nitrogens with one attached hydrogen (secondary N) is 1. The predicted molar refractivity (Wildman–Crippen MR) is 53.7 cm³/mol. The number of hydrogen-bond donors (Lipinski definition) is 2. The Kier molecular flexibility index (Phi) is 4.71. The van der Waals surface area contributed by atoms with Crippen molar-refractivity contribution in [3.8, 4) is 0 Å². The first-order valence-corrected chi connectivity index (χ1v) is 4.93. The van der Waals surface area contributed by atoms with Gasteiger partial charge in [0, 0.05) is 31.1 Å². The van der Waals surface area contributed by atoms with E-state index in [-0.39, 0.29) is 12.6 Å². The standard InChI is InChI=1S/C10H16F2N2O/c1-8(4-6-15)13-7-9-3-2-5-14(9)10(11)12/h2-3,5,8,10,13,15H,4,6-7H2,1H3. The molecular weight excluding hydrogens is 202 g/mol. The van der Waals surface area contributed by atoms with Gasteiger partial charge in [0.15, 0.2) is 0 Å². The van der Waals surface area contributed by atoms with Gasteiger partial charge in [-0.15, -0.1) is 0 Å². The molecule has 0 aliphatic carbocycles. The zero-order valence-electron chi connectivity index (χ0n) is 8.66. The minimum atomic E-state index is -2.50. The van der Waals surface area contributed by atoms with Gasteiger partial charge in [-0.2, -0.15) is 8.78 Å². The molecule has 1 atom stereocenters. The van der Waals surface area contributed by atoms with Crippen LogP contribution >= 0.6 is 0 Å². The van der Waals surface area contributed by atoms with Gasteiger partial charge < -0.3 is 10.4 Å². The number of aliphatic hydroxyl groups excluding tert-OH is 1. The van der Waals surface area contributed by atoms with Gasteiger partial charge >= 0.3 is 6.55 Å². The lowest BCUT2D eigenvalue weighted by Crippen LogP contribution is -2.27. The maximum atomic E-state index is 12.4. The molecule has 0 bridgehead atoms. The summed E-state index contributed by atoms with van der Waals surface area (Å²) in [5.41, 5.74) is 0.551. The van der Waals surface area contributed by atoms with Crippen LogP contribution in [0.3, 0.4) is 0 Å². The average Bonchev–Trinajstić information content (AvgIpc) is 2.63. The van der Waals surface area contributed by atoms with Gasteiger partial charge in [0.25, 0.3) is 0 Å². The number of aliphatic hydroxyl groups is 1. The molecule has 86 valence electrons. The highest BCUT2D eigenvalue weighted by atomic mass is 19.3. The second-order valence-corrected chi connectivity index (χ2v) is 3.48. The molecule has 1 aromatic heterocycles. The summed E-state index contributed by atoms with van der Waals surface area (Å²) in [4.78, 5) is 0. The van der Waals surface area contributed by atoms with Gasteiger partial charge in [0.1, 0.15) is 0 Å². The summed E-state index contributed by atoms with van der Waals surface area (Å²) in [6.07, 6.45) is 1.98. The van der Waals surface area contributed by atoms with Gasteiger partial charge in [0.05, 0.1) is 0 Å². The second kappa shape index (κ2) is 5.82. The first-order chi connectivity index (χ1) is 7.15. The third kappa shape index (κ3) is 3.60. The van der Waals surface area contributed by atoms with Crippen molar-refractivity contribution < 1.29 is 13.9 Å². The van der Waals surface area contributed by atoms with E-state index in [2.05, 4.69) is 5.32 Å². The fourth-order valence-electron chi connectivity index (χ4n) is 1.34. The van der Waals surface area contributed by atoms with E-state index in [1.165, 1.54) is 6.20 Å². The van der Waals surface area contributed by atoms with Crippen molar-refractivity contribution in [1.82, 2.24) is 9.88 Å². The fraction of sp³-hybridized carbons (Fsp3) is 0.600. The zero-order chi connectivity index (χ0) is 11.3. The fourth-order valence-corrected chi connectivity index (χ4v) is 1.34. The summed E-state index contributed by atoms with van der Waals surface area (Å²) in [6.45, 7) is -0.0982. The minimum Gasteiger partial charge on any atom is -0.396 e. The van der Waals surface area contributed by atoms with E-state index in [0.717, 1.165) is 4.57 Å². The molecule has 15 heavy (non-hydrogen) atoms. The Bertz CT molecular complexity index is 289. The zero-order valence-corrected chi connectivity index (χ0v) is 8.66. The lowest BCUT2D eigenvalue weighted by molar-refractivity contribution is 0.0672. The Labute approximate surface area is 87.7 Å². The summed E-state index contributed by atoms with van der Waals surface area (Å²) in [5.74, 6) is 0. The number of nitrogens with zero attached hydrogens (tertiary/aromatic N) is 1. The molecule has 0 spiro atoms. The lowest BCUT2D eigenvalue weighted by atomic mass is 10.2. The molecule has 1 rings (SSSR count). The quantitative estimate of drug-likeness (QED) is 0.763. The highest BCUT2D eigenvalue weighted by molar-refractivity contribution is 5.07. The van der Waals surface area contributed by atoms with Crippen LogP contribution in [0.1, 0.15) is 25.6 Å². The van der Waals surface area contributed by atoms with Crippen molar-refractivity contribution in [2.24, 2.45) is 0 Å². The molecule has 0 fully saturated rings. The van der Waals surface area contributed by atoms with Crippen LogP contribution in [0.15, 0.2) is 18.3 Å². The van der Waals surface area contributed by atoms with Crippen molar-refractivity contribution >= 4 is 0 Å². The number of halogens is 2. The van der Waals surface area contributed by atoms with Crippen LogP contribution in [-0.4, -0.2) is 22.3 Å². The SMILES string of the molecule is CC(CCO)NCc1cccn1C(F)F. The molecule has 0 amide bonds. The van der Waals surface area contributed by atoms with Crippen LogP contribution in [0, 0.1) is 0 Å². The Hall–Kier alpha value is -0.940. The number of alkyl halides is 2. The maximum Gasteiger partial charge on any atom is 0.318 e. The highest BCUT2D eigenvalue weighted by Gasteiger charge is 2.10. The summed E-state index contributed by atoms with van der Waals surface area (Å²) in [7, 11) is 0. The molecular formula is C10H16F2N2O. The van der Waals surface area contributed by atoms with Gasteiger partial charge in [-0.1, -0.05) is 0 Å². The predicted octanol–water partition coefficient (Wildman–Crippen LogP) is 1.74. The molecule has 5 heteroatoms. The Morgan fingerprint density at radius 1 is 1.53 bits per heavy atom. The van der Waals surface area contributed by atoms with E-state index >= 15 is 0 Å². The van der Waals surface area contributed by atoms with E-state index in [0.29, 0.717) is 18.7 Å². The lowest BCUT2D eigenvalue weighted by Gasteiger charge is -2.13. The first-order valence-electron chi connectivity index (χ1n) is 4.93. The summed E-state index contributed by atoms with van der Waals surface area (Å²) >= 11 is 0. The van der Waals surface area contributed by atoms with Crippen LogP contribution in [0.4, 0.5) is 8.78 Å². The van der Waals surface area contributed by atoms with Crippen LogP contribution in [0.5, 0.6) is 0 Å². The van der Waals surface area contributed by atoms with E-state index in [1.807, 2.05) is 6.92 Å². The Morgan fingerprint density at radius 3 is 2.87 bits per heavy atom. The number of aromatic nitrogens is 1. The van der Waals surface area contributed by atoms with Gasteiger partial charge in [0.2, 0.25) is 0 Å². The topological polar surface area (TPSA) is 37.2 Å². The third-order valence-electron chi connectivity index (χ3n) is 2.27. The molecule has 2 N–H and O–H groups in total. The molecule has 3 nitrogen and oxygen atoms in total. The summed E-state index contributed by atoms with van der Waals surface area (Å²) < 4.78 is 25.8. The number of hydrogen-bond acceptors (Lipinski definition) is 2. The molecule has 0 aliphatic rings. The molecule has 1 heterocycles. The molecule has 0 saturated heterocycles. The molecule has 0 aromatic carbocycles. The normalized spacial score (nSPS) is 13.4. The number of rotatable bonds is 6. The molecule has 1 unspecified atom stereocenters. The summed E-state index contributed by atoms with van der Waals surface area (Å²) in [6, 6.07) is 3.38. The summed E-state index contributed by atoms with van der Waals surface area (Å²) in [5, 5.41) is 11.7. The van der Waals surface area contributed by atoms with Crippen molar-refractivity contribution in [3.63, 3.8) is 0 Å². The van der Waals surface area contributed by atoms with Crippen molar-refractivity contribution in [2.45, 2.75) is 32.5 Å². The van der Waals surface area contributed by atoms with Crippen LogP contribution in [-0.2, 0) is 6.54 Å². The van der Waals surface area contributed by atoms with Gasteiger partial charge in [-0.25, -0.2) is 0 Å². The third-order valence-corrected chi connectivity index (χ3v) is 2.27. The van der Waals surface area contributed by atoms with E-state index in [1.54, 1.807) is 12.1 Å². The minimum absolute atomic E-state index is 0.101. The van der Waals surface area contributed by atoms with Gasteiger partial charge in [-0.3, -0.25) is 4.57 Å². The Morgan fingerprint density at radius 2 is 2.27 bits per heavy atom.